The maximum atomic E-state index is 11.0. The average Bonchev–Trinajstić information content (AvgIpc) is 2.73. The zero-order valence-corrected chi connectivity index (χ0v) is 9.95. The molecule has 2 aliphatic rings. The van der Waals surface area contributed by atoms with E-state index in [2.05, 4.69) is 10.6 Å². The van der Waals surface area contributed by atoms with E-state index in [4.69, 9.17) is 5.11 Å². The van der Waals surface area contributed by atoms with Crippen LogP contribution in [0.5, 0.6) is 0 Å². The summed E-state index contributed by atoms with van der Waals surface area (Å²) in [4.78, 5) is 21.8. The molecule has 0 aromatic carbocycles. The molecule has 1 aliphatic carbocycles. The van der Waals surface area contributed by atoms with E-state index in [0.29, 0.717) is 12.5 Å². The fourth-order valence-electron chi connectivity index (χ4n) is 2.68. The Balaban J connectivity index is 1.65. The van der Waals surface area contributed by atoms with Gasteiger partial charge in [-0.05, 0) is 32.1 Å². The van der Waals surface area contributed by atoms with Gasteiger partial charge in [0.1, 0.15) is 0 Å². The van der Waals surface area contributed by atoms with Gasteiger partial charge in [0.15, 0.2) is 0 Å². The molecule has 0 spiro atoms. The van der Waals surface area contributed by atoms with E-state index < -0.39 is 5.97 Å². The highest BCUT2D eigenvalue weighted by molar-refractivity contribution is 5.78. The van der Waals surface area contributed by atoms with Crippen LogP contribution in [0.15, 0.2) is 0 Å². The SMILES string of the molecule is O=C1CCC(CNC2CCC(C(=O)O)CC2)N1. The van der Waals surface area contributed by atoms with Crippen molar-refractivity contribution in [1.29, 1.82) is 0 Å². The summed E-state index contributed by atoms with van der Waals surface area (Å²) >= 11 is 0. The lowest BCUT2D eigenvalue weighted by atomic mass is 9.86. The van der Waals surface area contributed by atoms with Gasteiger partial charge in [-0.2, -0.15) is 0 Å². The summed E-state index contributed by atoms with van der Waals surface area (Å²) < 4.78 is 0. The molecule has 1 aliphatic heterocycles. The van der Waals surface area contributed by atoms with Crippen molar-refractivity contribution >= 4 is 11.9 Å². The largest absolute Gasteiger partial charge is 0.481 e. The Kier molecular flexibility index (Phi) is 3.99. The van der Waals surface area contributed by atoms with Crippen LogP contribution in [0.1, 0.15) is 38.5 Å². The van der Waals surface area contributed by atoms with E-state index in [-0.39, 0.29) is 17.9 Å². The first-order valence-corrected chi connectivity index (χ1v) is 6.40. The van der Waals surface area contributed by atoms with Gasteiger partial charge in [-0.1, -0.05) is 0 Å². The van der Waals surface area contributed by atoms with Gasteiger partial charge in [0.05, 0.1) is 5.92 Å². The third kappa shape index (κ3) is 3.43. The van der Waals surface area contributed by atoms with Crippen LogP contribution >= 0.6 is 0 Å². The summed E-state index contributed by atoms with van der Waals surface area (Å²) in [6.45, 7) is 0.814. The maximum absolute atomic E-state index is 11.0. The van der Waals surface area contributed by atoms with Crippen LogP contribution in [0.2, 0.25) is 0 Å². The molecular weight excluding hydrogens is 220 g/mol. The molecule has 1 saturated heterocycles. The second-order valence-corrected chi connectivity index (χ2v) is 5.10. The van der Waals surface area contributed by atoms with Crippen molar-refractivity contribution in [2.45, 2.75) is 50.6 Å². The number of hydrogen-bond acceptors (Lipinski definition) is 3. The van der Waals surface area contributed by atoms with Crippen molar-refractivity contribution in [3.8, 4) is 0 Å². The summed E-state index contributed by atoms with van der Waals surface area (Å²) in [7, 11) is 0. The number of hydrogen-bond donors (Lipinski definition) is 3. The fraction of sp³-hybridized carbons (Fsp3) is 0.833. The minimum Gasteiger partial charge on any atom is -0.481 e. The molecule has 2 fully saturated rings. The summed E-state index contributed by atoms with van der Waals surface area (Å²) in [6.07, 6.45) is 4.94. The molecule has 1 heterocycles. The van der Waals surface area contributed by atoms with Crippen LogP contribution in [0.25, 0.3) is 0 Å². The van der Waals surface area contributed by atoms with E-state index in [9.17, 15) is 9.59 Å². The number of carboxylic acids is 1. The standard InChI is InChI=1S/C12H20N2O3/c15-11-6-5-10(14-11)7-13-9-3-1-8(2-4-9)12(16)17/h8-10,13H,1-7H2,(H,14,15)(H,16,17). The molecule has 5 nitrogen and oxygen atoms in total. The van der Waals surface area contributed by atoms with Crippen LogP contribution in [0.4, 0.5) is 0 Å². The van der Waals surface area contributed by atoms with Crippen LogP contribution in [0.3, 0.4) is 0 Å². The molecule has 3 N–H and O–H groups in total. The number of amides is 1. The lowest BCUT2D eigenvalue weighted by molar-refractivity contribution is -0.142. The van der Waals surface area contributed by atoms with Gasteiger partial charge < -0.3 is 15.7 Å². The van der Waals surface area contributed by atoms with Crippen molar-refractivity contribution in [3.05, 3.63) is 0 Å². The molecule has 1 saturated carbocycles. The van der Waals surface area contributed by atoms with Gasteiger partial charge in [0, 0.05) is 25.0 Å². The van der Waals surface area contributed by atoms with Crippen molar-refractivity contribution < 1.29 is 14.7 Å². The molecule has 0 radical (unpaired) electrons. The van der Waals surface area contributed by atoms with Crippen LogP contribution in [-0.4, -0.2) is 35.6 Å². The predicted octanol–water partition coefficient (Wildman–Crippen LogP) is 0.498. The molecule has 96 valence electrons. The smallest absolute Gasteiger partial charge is 0.306 e. The van der Waals surface area contributed by atoms with Gasteiger partial charge in [-0.3, -0.25) is 9.59 Å². The van der Waals surface area contributed by atoms with Crippen LogP contribution < -0.4 is 10.6 Å². The lowest BCUT2D eigenvalue weighted by Gasteiger charge is -2.27. The second-order valence-electron chi connectivity index (χ2n) is 5.10. The number of rotatable bonds is 4. The van der Waals surface area contributed by atoms with Crippen molar-refractivity contribution in [1.82, 2.24) is 10.6 Å². The fourth-order valence-corrected chi connectivity index (χ4v) is 2.68. The lowest BCUT2D eigenvalue weighted by Crippen LogP contribution is -2.42. The molecule has 5 heteroatoms. The van der Waals surface area contributed by atoms with Gasteiger partial charge in [-0.15, -0.1) is 0 Å². The van der Waals surface area contributed by atoms with Gasteiger partial charge >= 0.3 is 5.97 Å². The first-order chi connectivity index (χ1) is 8.15. The number of nitrogens with one attached hydrogen (secondary N) is 2. The van der Waals surface area contributed by atoms with Gasteiger partial charge in [0.25, 0.3) is 0 Å². The van der Waals surface area contributed by atoms with Crippen LogP contribution in [0, 0.1) is 5.92 Å². The van der Waals surface area contributed by atoms with Crippen molar-refractivity contribution in [2.75, 3.05) is 6.54 Å². The highest BCUT2D eigenvalue weighted by Gasteiger charge is 2.27. The molecule has 17 heavy (non-hydrogen) atoms. The van der Waals surface area contributed by atoms with E-state index in [1.807, 2.05) is 0 Å². The van der Waals surface area contributed by atoms with Crippen molar-refractivity contribution in [3.63, 3.8) is 0 Å². The van der Waals surface area contributed by atoms with E-state index in [1.54, 1.807) is 0 Å². The zero-order valence-electron chi connectivity index (χ0n) is 9.95. The minimum atomic E-state index is -0.661. The Morgan fingerprint density at radius 1 is 1.29 bits per heavy atom. The number of carbonyl (C=O) groups excluding carboxylic acids is 1. The maximum Gasteiger partial charge on any atom is 0.306 e. The molecule has 0 aromatic rings. The molecule has 0 aromatic heterocycles. The van der Waals surface area contributed by atoms with E-state index in [1.165, 1.54) is 0 Å². The third-order valence-corrected chi connectivity index (χ3v) is 3.81. The molecule has 1 amide bonds. The van der Waals surface area contributed by atoms with Gasteiger partial charge in [-0.25, -0.2) is 0 Å². The summed E-state index contributed by atoms with van der Waals surface area (Å²) in [5.41, 5.74) is 0. The quantitative estimate of drug-likeness (QED) is 0.668. The Morgan fingerprint density at radius 2 is 2.00 bits per heavy atom. The van der Waals surface area contributed by atoms with E-state index in [0.717, 1.165) is 38.6 Å². The zero-order chi connectivity index (χ0) is 12.3. The molecule has 1 unspecified atom stereocenters. The Labute approximate surface area is 101 Å². The van der Waals surface area contributed by atoms with Gasteiger partial charge in [0.2, 0.25) is 5.91 Å². The molecule has 1 atom stereocenters. The van der Waals surface area contributed by atoms with E-state index >= 15 is 0 Å². The topological polar surface area (TPSA) is 78.4 Å². The molecule has 0 bridgehead atoms. The molecule has 2 rings (SSSR count). The highest BCUT2D eigenvalue weighted by Crippen LogP contribution is 2.24. The third-order valence-electron chi connectivity index (χ3n) is 3.81. The Morgan fingerprint density at radius 3 is 2.53 bits per heavy atom. The second kappa shape index (κ2) is 5.49. The summed E-state index contributed by atoms with van der Waals surface area (Å²) in [5, 5.41) is 15.2. The molecular formula is C12H20N2O3. The highest BCUT2D eigenvalue weighted by atomic mass is 16.4. The normalized spacial score (nSPS) is 33.4. The first kappa shape index (κ1) is 12.4. The number of carboxylic acid groups (broad SMARTS) is 1. The number of aliphatic carboxylic acids is 1. The average molecular weight is 240 g/mol. The minimum absolute atomic E-state index is 0.145. The Bertz CT molecular complexity index is 298. The number of carbonyl (C=O) groups is 2. The van der Waals surface area contributed by atoms with Crippen LogP contribution in [-0.2, 0) is 9.59 Å². The van der Waals surface area contributed by atoms with Crippen molar-refractivity contribution in [2.24, 2.45) is 5.92 Å². The Hall–Kier alpha value is -1.10. The first-order valence-electron chi connectivity index (χ1n) is 6.40. The summed E-state index contributed by atoms with van der Waals surface area (Å²) in [5.74, 6) is -0.669. The summed E-state index contributed by atoms with van der Waals surface area (Å²) in [6, 6.07) is 0.683. The predicted molar refractivity (Wildman–Crippen MR) is 62.5 cm³/mol. The monoisotopic (exact) mass is 240 g/mol.